The number of hydrogen-bond acceptors (Lipinski definition) is 2. The summed E-state index contributed by atoms with van der Waals surface area (Å²) in [6, 6.07) is 0. The van der Waals surface area contributed by atoms with E-state index in [0.29, 0.717) is 0 Å². The topological polar surface area (TPSA) is 38.0 Å². The lowest BCUT2D eigenvalue weighted by atomic mass is 10.0. The van der Waals surface area contributed by atoms with Gasteiger partial charge in [-0.25, -0.2) is 0 Å². The fraction of sp³-hybridized carbons (Fsp3) is 1.00. The Kier molecular flexibility index (Phi) is 4.65. The van der Waals surface area contributed by atoms with Crippen molar-refractivity contribution in [3.05, 3.63) is 0 Å². The molecule has 62 valence electrons. The summed E-state index contributed by atoms with van der Waals surface area (Å²) in [5.41, 5.74) is 5.80. The van der Waals surface area contributed by atoms with E-state index >= 15 is 0 Å². The second kappa shape index (κ2) is 4.69. The molecule has 0 aromatic rings. The largest absolute Gasteiger partial charge is 0.326 e. The van der Waals surface area contributed by atoms with Crippen molar-refractivity contribution in [2.24, 2.45) is 5.73 Å². The van der Waals surface area contributed by atoms with Crippen LogP contribution >= 0.6 is 0 Å². The SMILES string of the molecule is CCNCCCC(C)(C)N. The van der Waals surface area contributed by atoms with Gasteiger partial charge in [-0.3, -0.25) is 0 Å². The van der Waals surface area contributed by atoms with Crippen molar-refractivity contribution in [3.8, 4) is 0 Å². The zero-order valence-corrected chi connectivity index (χ0v) is 7.41. The summed E-state index contributed by atoms with van der Waals surface area (Å²) >= 11 is 0. The normalized spacial score (nSPS) is 12.0. The Bertz CT molecular complexity index is 73.8. The van der Waals surface area contributed by atoms with Gasteiger partial charge in [0.05, 0.1) is 0 Å². The number of rotatable bonds is 5. The van der Waals surface area contributed by atoms with Crippen molar-refractivity contribution in [2.45, 2.75) is 39.2 Å². The van der Waals surface area contributed by atoms with Crippen molar-refractivity contribution in [3.63, 3.8) is 0 Å². The summed E-state index contributed by atoms with van der Waals surface area (Å²) < 4.78 is 0. The molecule has 0 aliphatic rings. The summed E-state index contributed by atoms with van der Waals surface area (Å²) in [6.07, 6.45) is 2.28. The Balaban J connectivity index is 3.04. The van der Waals surface area contributed by atoms with Crippen LogP contribution in [0.1, 0.15) is 33.6 Å². The second-order valence-corrected chi connectivity index (χ2v) is 3.45. The van der Waals surface area contributed by atoms with Crippen LogP contribution in [-0.2, 0) is 0 Å². The molecule has 0 atom stereocenters. The molecule has 0 saturated heterocycles. The standard InChI is InChI=1S/C8H20N2/c1-4-10-7-5-6-8(2,3)9/h10H,4-7,9H2,1-3H3. The van der Waals surface area contributed by atoms with Gasteiger partial charge in [0, 0.05) is 5.54 Å². The first-order chi connectivity index (χ1) is 4.56. The maximum Gasteiger partial charge on any atom is 0.00975 e. The van der Waals surface area contributed by atoms with E-state index in [1.54, 1.807) is 0 Å². The van der Waals surface area contributed by atoms with Gasteiger partial charge < -0.3 is 11.1 Å². The molecular formula is C8H20N2. The second-order valence-electron chi connectivity index (χ2n) is 3.45. The lowest BCUT2D eigenvalue weighted by Gasteiger charge is -2.17. The van der Waals surface area contributed by atoms with Crippen molar-refractivity contribution < 1.29 is 0 Å². The van der Waals surface area contributed by atoms with Crippen LogP contribution in [0.5, 0.6) is 0 Å². The van der Waals surface area contributed by atoms with Gasteiger partial charge in [-0.15, -0.1) is 0 Å². The van der Waals surface area contributed by atoms with Gasteiger partial charge in [0.2, 0.25) is 0 Å². The van der Waals surface area contributed by atoms with E-state index in [0.717, 1.165) is 19.5 Å². The third-order valence-electron chi connectivity index (χ3n) is 1.42. The Labute approximate surface area is 64.2 Å². The minimum absolute atomic E-state index is 0.00935. The van der Waals surface area contributed by atoms with E-state index in [1.165, 1.54) is 6.42 Å². The van der Waals surface area contributed by atoms with Crippen LogP contribution in [0.25, 0.3) is 0 Å². The predicted molar refractivity (Wildman–Crippen MR) is 46.0 cm³/mol. The highest BCUT2D eigenvalue weighted by Gasteiger charge is 2.08. The van der Waals surface area contributed by atoms with E-state index in [1.807, 2.05) is 0 Å². The lowest BCUT2D eigenvalue weighted by Crippen LogP contribution is -2.32. The van der Waals surface area contributed by atoms with E-state index in [2.05, 4.69) is 26.1 Å². The zero-order valence-electron chi connectivity index (χ0n) is 7.41. The monoisotopic (exact) mass is 144 g/mol. The number of hydrogen-bond donors (Lipinski definition) is 2. The fourth-order valence-electron chi connectivity index (χ4n) is 0.846. The third-order valence-corrected chi connectivity index (χ3v) is 1.42. The average molecular weight is 144 g/mol. The lowest BCUT2D eigenvalue weighted by molar-refractivity contribution is 0.450. The molecule has 0 saturated carbocycles. The van der Waals surface area contributed by atoms with Gasteiger partial charge in [-0.1, -0.05) is 6.92 Å². The first-order valence-corrected chi connectivity index (χ1v) is 4.06. The Morgan fingerprint density at radius 2 is 2.00 bits per heavy atom. The van der Waals surface area contributed by atoms with Crippen molar-refractivity contribution >= 4 is 0 Å². The molecule has 0 spiro atoms. The summed E-state index contributed by atoms with van der Waals surface area (Å²) in [5, 5.41) is 3.27. The van der Waals surface area contributed by atoms with Crippen molar-refractivity contribution in [1.82, 2.24) is 5.32 Å². The minimum atomic E-state index is 0.00935. The molecule has 2 heteroatoms. The molecule has 0 radical (unpaired) electrons. The molecule has 0 heterocycles. The summed E-state index contributed by atoms with van der Waals surface area (Å²) in [6.45, 7) is 8.41. The molecule has 0 fully saturated rings. The van der Waals surface area contributed by atoms with Crippen LogP contribution in [0, 0.1) is 0 Å². The zero-order chi connectivity index (χ0) is 8.04. The molecular weight excluding hydrogens is 124 g/mol. The van der Waals surface area contributed by atoms with Crippen LogP contribution < -0.4 is 11.1 Å². The summed E-state index contributed by atoms with van der Waals surface area (Å²) in [7, 11) is 0. The molecule has 0 bridgehead atoms. The Morgan fingerprint density at radius 3 is 2.40 bits per heavy atom. The van der Waals surface area contributed by atoms with E-state index in [9.17, 15) is 0 Å². The maximum absolute atomic E-state index is 5.79. The molecule has 0 rings (SSSR count). The fourth-order valence-corrected chi connectivity index (χ4v) is 0.846. The molecule has 0 aliphatic heterocycles. The smallest absolute Gasteiger partial charge is 0.00975 e. The Hall–Kier alpha value is -0.0800. The van der Waals surface area contributed by atoms with Crippen LogP contribution in [-0.4, -0.2) is 18.6 Å². The molecule has 3 N–H and O–H groups in total. The summed E-state index contributed by atoms with van der Waals surface area (Å²) in [4.78, 5) is 0. The quantitative estimate of drug-likeness (QED) is 0.567. The predicted octanol–water partition coefficient (Wildman–Crippen LogP) is 1.11. The van der Waals surface area contributed by atoms with Gasteiger partial charge in [-0.2, -0.15) is 0 Å². The Morgan fingerprint density at radius 1 is 1.40 bits per heavy atom. The summed E-state index contributed by atoms with van der Waals surface area (Å²) in [5.74, 6) is 0. The third kappa shape index (κ3) is 7.92. The van der Waals surface area contributed by atoms with Gasteiger partial charge in [0.15, 0.2) is 0 Å². The molecule has 10 heavy (non-hydrogen) atoms. The van der Waals surface area contributed by atoms with E-state index in [4.69, 9.17) is 5.73 Å². The van der Waals surface area contributed by atoms with Gasteiger partial charge in [-0.05, 0) is 39.8 Å². The molecule has 0 aliphatic carbocycles. The molecule has 0 amide bonds. The molecule has 0 unspecified atom stereocenters. The van der Waals surface area contributed by atoms with Gasteiger partial charge in [0.25, 0.3) is 0 Å². The highest BCUT2D eigenvalue weighted by Crippen LogP contribution is 2.05. The van der Waals surface area contributed by atoms with E-state index in [-0.39, 0.29) is 5.54 Å². The van der Waals surface area contributed by atoms with Crippen molar-refractivity contribution in [1.29, 1.82) is 0 Å². The molecule has 0 aromatic heterocycles. The highest BCUT2D eigenvalue weighted by molar-refractivity contribution is 4.71. The van der Waals surface area contributed by atoms with Crippen LogP contribution in [0.15, 0.2) is 0 Å². The molecule has 2 nitrogen and oxygen atoms in total. The van der Waals surface area contributed by atoms with Gasteiger partial charge in [0.1, 0.15) is 0 Å². The molecule has 0 aromatic carbocycles. The highest BCUT2D eigenvalue weighted by atomic mass is 14.8. The number of nitrogens with two attached hydrogens (primary N) is 1. The average Bonchev–Trinajstić information content (AvgIpc) is 1.78. The van der Waals surface area contributed by atoms with Crippen molar-refractivity contribution in [2.75, 3.05) is 13.1 Å². The maximum atomic E-state index is 5.79. The minimum Gasteiger partial charge on any atom is -0.326 e. The van der Waals surface area contributed by atoms with Gasteiger partial charge >= 0.3 is 0 Å². The van der Waals surface area contributed by atoms with E-state index < -0.39 is 0 Å². The van der Waals surface area contributed by atoms with Crippen LogP contribution in [0.4, 0.5) is 0 Å². The number of nitrogens with one attached hydrogen (secondary N) is 1. The van der Waals surface area contributed by atoms with Crippen LogP contribution in [0.2, 0.25) is 0 Å². The first-order valence-electron chi connectivity index (χ1n) is 4.06. The van der Waals surface area contributed by atoms with Crippen LogP contribution in [0.3, 0.4) is 0 Å². The first kappa shape index (κ1) is 9.92.